The van der Waals surface area contributed by atoms with Crippen LogP contribution in [-0.4, -0.2) is 53.0 Å². The van der Waals surface area contributed by atoms with Crippen molar-refractivity contribution in [3.05, 3.63) is 82.9 Å². The maximum absolute atomic E-state index is 12.1. The molecule has 0 unspecified atom stereocenters. The van der Waals surface area contributed by atoms with Crippen molar-refractivity contribution >= 4 is 28.2 Å². The number of esters is 1. The van der Waals surface area contributed by atoms with Gasteiger partial charge in [-0.3, -0.25) is 13.9 Å². The van der Waals surface area contributed by atoms with Gasteiger partial charge >= 0.3 is 5.97 Å². The average molecular weight is 601 g/mol. The Bertz CT molecular complexity index is 1330. The van der Waals surface area contributed by atoms with Gasteiger partial charge < -0.3 is 18.9 Å². The SMILES string of the molecule is CCOC(=O)CC1(c2ccc(OCc3cccc(-c4ccc(OCC5CCS(O)(O)CC5)cc4Cl)c3)cc2)COC1. The van der Waals surface area contributed by atoms with Gasteiger partial charge in [0, 0.05) is 17.1 Å². The Kier molecular flexibility index (Phi) is 9.46. The molecular formula is C32H37ClO7S. The van der Waals surface area contributed by atoms with E-state index in [4.69, 9.17) is 30.5 Å². The summed E-state index contributed by atoms with van der Waals surface area (Å²) in [4.78, 5) is 12.1. The Hall–Kier alpha value is -2.75. The number of rotatable bonds is 11. The summed E-state index contributed by atoms with van der Waals surface area (Å²) in [6.45, 7) is 4.13. The van der Waals surface area contributed by atoms with E-state index in [0.717, 1.165) is 40.8 Å². The Morgan fingerprint density at radius 2 is 1.73 bits per heavy atom. The second-order valence-corrected chi connectivity index (χ2v) is 13.7. The number of hydrogen-bond donors (Lipinski definition) is 2. The van der Waals surface area contributed by atoms with E-state index in [0.29, 0.717) is 67.7 Å². The quantitative estimate of drug-likeness (QED) is 0.222. The van der Waals surface area contributed by atoms with E-state index in [2.05, 4.69) is 6.07 Å². The van der Waals surface area contributed by atoms with Crippen molar-refractivity contribution in [2.24, 2.45) is 5.92 Å². The van der Waals surface area contributed by atoms with Gasteiger partial charge in [-0.05, 0) is 78.8 Å². The molecule has 2 aliphatic rings. The normalized spacial score (nSPS) is 18.6. The van der Waals surface area contributed by atoms with Gasteiger partial charge in [0.2, 0.25) is 0 Å². The molecule has 2 aliphatic heterocycles. The van der Waals surface area contributed by atoms with Crippen molar-refractivity contribution in [1.82, 2.24) is 0 Å². The molecule has 41 heavy (non-hydrogen) atoms. The molecule has 3 aromatic rings. The summed E-state index contributed by atoms with van der Waals surface area (Å²) in [6.07, 6.45) is 1.83. The lowest BCUT2D eigenvalue weighted by atomic mass is 9.76. The predicted molar refractivity (Wildman–Crippen MR) is 162 cm³/mol. The molecule has 0 bridgehead atoms. The van der Waals surface area contributed by atoms with Gasteiger partial charge in [0.1, 0.15) is 18.1 Å². The monoisotopic (exact) mass is 600 g/mol. The minimum absolute atomic E-state index is 0.207. The summed E-state index contributed by atoms with van der Waals surface area (Å²) in [5.74, 6) is 2.48. The highest BCUT2D eigenvalue weighted by Crippen LogP contribution is 2.45. The lowest BCUT2D eigenvalue weighted by Gasteiger charge is -2.41. The van der Waals surface area contributed by atoms with Gasteiger partial charge in [-0.25, -0.2) is 0 Å². The first-order chi connectivity index (χ1) is 19.7. The molecule has 0 radical (unpaired) electrons. The predicted octanol–water partition coefficient (Wildman–Crippen LogP) is 7.35. The largest absolute Gasteiger partial charge is 0.493 e. The minimum atomic E-state index is -2.38. The maximum atomic E-state index is 12.1. The highest BCUT2D eigenvalue weighted by Gasteiger charge is 2.42. The van der Waals surface area contributed by atoms with Crippen molar-refractivity contribution < 1.29 is 32.8 Å². The molecule has 220 valence electrons. The van der Waals surface area contributed by atoms with Crippen LogP contribution in [0.4, 0.5) is 0 Å². The van der Waals surface area contributed by atoms with Gasteiger partial charge in [-0.2, -0.15) is 10.6 Å². The fourth-order valence-electron chi connectivity index (χ4n) is 5.27. The Morgan fingerprint density at radius 3 is 2.39 bits per heavy atom. The maximum Gasteiger partial charge on any atom is 0.306 e. The van der Waals surface area contributed by atoms with E-state index in [1.54, 1.807) is 0 Å². The Morgan fingerprint density at radius 1 is 1.00 bits per heavy atom. The van der Waals surface area contributed by atoms with E-state index in [1.165, 1.54) is 0 Å². The van der Waals surface area contributed by atoms with Gasteiger partial charge in [-0.1, -0.05) is 41.9 Å². The van der Waals surface area contributed by atoms with Crippen molar-refractivity contribution in [2.75, 3.05) is 37.9 Å². The van der Waals surface area contributed by atoms with Crippen molar-refractivity contribution in [3.63, 3.8) is 0 Å². The molecule has 2 heterocycles. The first-order valence-electron chi connectivity index (χ1n) is 14.0. The molecule has 3 aromatic carbocycles. The summed E-state index contributed by atoms with van der Waals surface area (Å²) < 4.78 is 42.3. The molecule has 2 fully saturated rings. The third-order valence-electron chi connectivity index (χ3n) is 7.79. The minimum Gasteiger partial charge on any atom is -0.493 e. The van der Waals surface area contributed by atoms with Crippen LogP contribution in [0.2, 0.25) is 5.02 Å². The van der Waals surface area contributed by atoms with Crippen molar-refractivity contribution in [3.8, 4) is 22.6 Å². The van der Waals surface area contributed by atoms with Gasteiger partial charge in [-0.15, -0.1) is 0 Å². The van der Waals surface area contributed by atoms with E-state index >= 15 is 0 Å². The molecule has 0 aromatic heterocycles. The fraction of sp³-hybridized carbons (Fsp3) is 0.406. The third kappa shape index (κ3) is 7.56. The van der Waals surface area contributed by atoms with Gasteiger partial charge in [0.25, 0.3) is 0 Å². The van der Waals surface area contributed by atoms with Crippen LogP contribution >= 0.6 is 22.2 Å². The molecule has 0 saturated carbocycles. The van der Waals surface area contributed by atoms with Crippen LogP contribution in [-0.2, 0) is 26.3 Å². The summed E-state index contributed by atoms with van der Waals surface area (Å²) in [5.41, 5.74) is 3.62. The fourth-order valence-corrected chi connectivity index (χ4v) is 7.17. The van der Waals surface area contributed by atoms with Crippen LogP contribution in [0.1, 0.15) is 37.3 Å². The molecule has 0 spiro atoms. The van der Waals surface area contributed by atoms with Crippen LogP contribution in [0.5, 0.6) is 11.5 Å². The standard InChI is InChI=1S/C32H37ClO7S/c1-2-38-31(34)18-32(21-37-22-32)26-6-8-27(9-7-26)39-20-24-4-3-5-25(16-24)29-11-10-28(17-30(29)33)40-19-23-12-14-41(35,36)15-13-23/h3-11,16-17,23,35-36H,2,12-15,18-22H2,1H3. The molecule has 7 nitrogen and oxygen atoms in total. The number of ether oxygens (including phenoxy) is 4. The van der Waals surface area contributed by atoms with Crippen molar-refractivity contribution in [1.29, 1.82) is 0 Å². The van der Waals surface area contributed by atoms with E-state index < -0.39 is 10.6 Å². The molecule has 0 aliphatic carbocycles. The van der Waals surface area contributed by atoms with E-state index in [-0.39, 0.29) is 11.4 Å². The van der Waals surface area contributed by atoms with Crippen LogP contribution in [0.25, 0.3) is 11.1 Å². The summed E-state index contributed by atoms with van der Waals surface area (Å²) in [7, 11) is -2.38. The summed E-state index contributed by atoms with van der Waals surface area (Å²) in [6, 6.07) is 21.7. The summed E-state index contributed by atoms with van der Waals surface area (Å²) >= 11 is 6.65. The number of carbonyl (C=O) groups excluding carboxylic acids is 1. The number of carbonyl (C=O) groups is 1. The summed E-state index contributed by atoms with van der Waals surface area (Å²) in [5, 5.41) is 0.603. The molecule has 2 saturated heterocycles. The number of benzene rings is 3. The van der Waals surface area contributed by atoms with Crippen LogP contribution < -0.4 is 9.47 Å². The molecule has 9 heteroatoms. The third-order valence-corrected chi connectivity index (χ3v) is 9.88. The van der Waals surface area contributed by atoms with Gasteiger partial charge in [0.05, 0.1) is 43.3 Å². The highest BCUT2D eigenvalue weighted by molar-refractivity contribution is 8.24. The highest BCUT2D eigenvalue weighted by atomic mass is 35.5. The number of halogens is 1. The van der Waals surface area contributed by atoms with Crippen LogP contribution in [0.15, 0.2) is 66.7 Å². The second-order valence-electron chi connectivity index (χ2n) is 10.9. The Labute approximate surface area is 248 Å². The molecule has 5 rings (SSSR count). The molecule has 0 atom stereocenters. The second kappa shape index (κ2) is 13.0. The zero-order chi connectivity index (χ0) is 28.9. The molecule has 2 N–H and O–H groups in total. The van der Waals surface area contributed by atoms with E-state index in [1.807, 2.05) is 67.6 Å². The van der Waals surface area contributed by atoms with Crippen molar-refractivity contribution in [2.45, 2.75) is 38.2 Å². The van der Waals surface area contributed by atoms with Crippen LogP contribution in [0, 0.1) is 5.92 Å². The zero-order valence-electron chi connectivity index (χ0n) is 23.2. The average Bonchev–Trinajstić information content (AvgIpc) is 2.94. The lowest BCUT2D eigenvalue weighted by molar-refractivity contribution is -0.151. The Balaban J connectivity index is 1.17. The first kappa shape index (κ1) is 29.7. The van der Waals surface area contributed by atoms with Gasteiger partial charge in [0.15, 0.2) is 0 Å². The van der Waals surface area contributed by atoms with E-state index in [9.17, 15) is 13.9 Å². The number of hydrogen-bond acceptors (Lipinski definition) is 7. The smallest absolute Gasteiger partial charge is 0.306 e. The lowest BCUT2D eigenvalue weighted by Crippen LogP contribution is -2.48. The topological polar surface area (TPSA) is 94.5 Å². The molecular weight excluding hydrogens is 564 g/mol. The molecule has 0 amide bonds. The van der Waals surface area contributed by atoms with Crippen LogP contribution in [0.3, 0.4) is 0 Å². The first-order valence-corrected chi connectivity index (χ1v) is 16.2. The zero-order valence-corrected chi connectivity index (χ0v) is 24.8.